The van der Waals surface area contributed by atoms with E-state index in [1.165, 1.54) is 12.4 Å². The summed E-state index contributed by atoms with van der Waals surface area (Å²) in [6.45, 7) is 5.39. The molecule has 0 fully saturated rings. The van der Waals surface area contributed by atoms with E-state index in [9.17, 15) is 9.59 Å². The van der Waals surface area contributed by atoms with Crippen LogP contribution in [0.4, 0.5) is 9.59 Å². The zero-order valence-electron chi connectivity index (χ0n) is 13.4. The smallest absolute Gasteiger partial charge is 0.434 e. The number of nitrogens with zero attached hydrogens (tertiary/aromatic N) is 2. The van der Waals surface area contributed by atoms with Crippen molar-refractivity contribution in [3.8, 4) is 0 Å². The molecule has 1 aliphatic heterocycles. The third-order valence-electron chi connectivity index (χ3n) is 2.77. The van der Waals surface area contributed by atoms with Crippen molar-refractivity contribution in [3.63, 3.8) is 0 Å². The van der Waals surface area contributed by atoms with Crippen molar-refractivity contribution in [3.05, 3.63) is 60.4 Å². The summed E-state index contributed by atoms with van der Waals surface area (Å²) >= 11 is 0. The fourth-order valence-electron chi connectivity index (χ4n) is 1.80. The fraction of sp³-hybridized carbons (Fsp3) is 0.294. The summed E-state index contributed by atoms with van der Waals surface area (Å²) in [6.07, 6.45) is 4.82. The van der Waals surface area contributed by atoms with Crippen LogP contribution in [0.15, 0.2) is 54.9 Å². The van der Waals surface area contributed by atoms with Crippen molar-refractivity contribution in [2.75, 3.05) is 0 Å². The molecule has 0 aliphatic carbocycles. The Morgan fingerprint density at radius 3 is 2.09 bits per heavy atom. The summed E-state index contributed by atoms with van der Waals surface area (Å²) in [4.78, 5) is 24.4. The Labute approximate surface area is 135 Å². The quantitative estimate of drug-likeness (QED) is 0.832. The molecule has 0 saturated carbocycles. The molecule has 122 valence electrons. The number of benzene rings is 1. The van der Waals surface area contributed by atoms with Gasteiger partial charge in [-0.3, -0.25) is 0 Å². The number of hydrazine groups is 1. The first kappa shape index (κ1) is 16.6. The van der Waals surface area contributed by atoms with Gasteiger partial charge in [-0.2, -0.15) is 10.0 Å². The van der Waals surface area contributed by atoms with Crippen LogP contribution in [0.1, 0.15) is 26.3 Å². The Morgan fingerprint density at radius 2 is 1.52 bits per heavy atom. The number of ether oxygens (including phenoxy) is 2. The van der Waals surface area contributed by atoms with Crippen LogP contribution in [0, 0.1) is 0 Å². The van der Waals surface area contributed by atoms with Gasteiger partial charge in [-0.15, -0.1) is 0 Å². The normalized spacial score (nSPS) is 13.9. The van der Waals surface area contributed by atoms with Gasteiger partial charge in [0.25, 0.3) is 0 Å². The van der Waals surface area contributed by atoms with Crippen molar-refractivity contribution >= 4 is 12.2 Å². The summed E-state index contributed by atoms with van der Waals surface area (Å²) < 4.78 is 10.5. The molecule has 2 amide bonds. The highest BCUT2D eigenvalue weighted by molar-refractivity contribution is 5.76. The molecule has 23 heavy (non-hydrogen) atoms. The van der Waals surface area contributed by atoms with Gasteiger partial charge in [0.2, 0.25) is 0 Å². The maximum atomic E-state index is 12.2. The van der Waals surface area contributed by atoms with Crippen molar-refractivity contribution in [2.45, 2.75) is 33.0 Å². The van der Waals surface area contributed by atoms with Crippen LogP contribution in [0.2, 0.25) is 0 Å². The van der Waals surface area contributed by atoms with Gasteiger partial charge in [-0.1, -0.05) is 30.3 Å². The van der Waals surface area contributed by atoms with Crippen LogP contribution < -0.4 is 0 Å². The SMILES string of the molecule is CC(C)(C)OC(=O)N1C=CC=CN1C(=O)OCc1ccccc1. The Bertz CT molecular complexity index is 617. The Balaban J connectivity index is 2.00. The van der Waals surface area contributed by atoms with Crippen LogP contribution in [-0.2, 0) is 16.1 Å². The van der Waals surface area contributed by atoms with Crippen LogP contribution >= 0.6 is 0 Å². The number of hydrogen-bond donors (Lipinski definition) is 0. The molecular formula is C17H20N2O4. The van der Waals surface area contributed by atoms with Crippen LogP contribution in [0.25, 0.3) is 0 Å². The van der Waals surface area contributed by atoms with Crippen LogP contribution in [0.5, 0.6) is 0 Å². The molecule has 1 aromatic carbocycles. The van der Waals surface area contributed by atoms with Crippen molar-refractivity contribution in [1.29, 1.82) is 0 Å². The predicted molar refractivity (Wildman–Crippen MR) is 84.8 cm³/mol. The predicted octanol–water partition coefficient (Wildman–Crippen LogP) is 3.82. The van der Waals surface area contributed by atoms with E-state index < -0.39 is 17.8 Å². The highest BCUT2D eigenvalue weighted by Crippen LogP contribution is 2.16. The number of carbonyl (C=O) groups is 2. The van der Waals surface area contributed by atoms with E-state index >= 15 is 0 Å². The first-order chi connectivity index (χ1) is 10.9. The minimum atomic E-state index is -0.666. The van der Waals surface area contributed by atoms with Gasteiger partial charge in [0.15, 0.2) is 0 Å². The van der Waals surface area contributed by atoms with Crippen molar-refractivity contribution < 1.29 is 19.1 Å². The van der Waals surface area contributed by atoms with E-state index in [4.69, 9.17) is 9.47 Å². The molecule has 1 aromatic rings. The van der Waals surface area contributed by atoms with Gasteiger partial charge >= 0.3 is 12.2 Å². The molecule has 0 aromatic heterocycles. The Hall–Kier alpha value is -2.76. The minimum absolute atomic E-state index is 0.121. The second kappa shape index (κ2) is 7.00. The van der Waals surface area contributed by atoms with Gasteiger partial charge < -0.3 is 9.47 Å². The number of carbonyl (C=O) groups excluding carboxylic acids is 2. The van der Waals surface area contributed by atoms with Gasteiger partial charge in [0.05, 0.1) is 0 Å². The van der Waals surface area contributed by atoms with E-state index in [0.717, 1.165) is 15.6 Å². The molecule has 0 atom stereocenters. The fourth-order valence-corrected chi connectivity index (χ4v) is 1.80. The van der Waals surface area contributed by atoms with Crippen LogP contribution in [-0.4, -0.2) is 27.8 Å². The zero-order valence-corrected chi connectivity index (χ0v) is 13.4. The Morgan fingerprint density at radius 1 is 0.957 bits per heavy atom. The molecule has 0 saturated heterocycles. The summed E-state index contributed by atoms with van der Waals surface area (Å²) in [6, 6.07) is 9.31. The lowest BCUT2D eigenvalue weighted by Gasteiger charge is -2.32. The van der Waals surface area contributed by atoms with E-state index in [1.807, 2.05) is 30.3 Å². The number of allylic oxidation sites excluding steroid dienone is 2. The molecule has 0 bridgehead atoms. The van der Waals surface area contributed by atoms with E-state index in [0.29, 0.717) is 0 Å². The topological polar surface area (TPSA) is 59.1 Å². The average molecular weight is 316 g/mol. The summed E-state index contributed by atoms with van der Waals surface area (Å²) in [7, 11) is 0. The highest BCUT2D eigenvalue weighted by atomic mass is 16.6. The number of hydrogen-bond acceptors (Lipinski definition) is 4. The highest BCUT2D eigenvalue weighted by Gasteiger charge is 2.29. The lowest BCUT2D eigenvalue weighted by molar-refractivity contribution is -0.0113. The van der Waals surface area contributed by atoms with Gasteiger partial charge in [-0.05, 0) is 38.5 Å². The first-order valence-corrected chi connectivity index (χ1v) is 7.24. The molecule has 6 heteroatoms. The van der Waals surface area contributed by atoms with E-state index in [-0.39, 0.29) is 6.61 Å². The molecule has 0 spiro atoms. The largest absolute Gasteiger partial charge is 0.443 e. The maximum Gasteiger partial charge on any atom is 0.434 e. The standard InChI is InChI=1S/C17H20N2O4/c1-17(2,3)23-16(21)19-12-8-7-11-18(19)15(20)22-13-14-9-5-4-6-10-14/h4-12H,13H2,1-3H3. The van der Waals surface area contributed by atoms with Crippen LogP contribution in [0.3, 0.4) is 0 Å². The lowest BCUT2D eigenvalue weighted by Crippen LogP contribution is -2.46. The summed E-state index contributed by atoms with van der Waals surface area (Å²) in [5, 5.41) is 2.13. The minimum Gasteiger partial charge on any atom is -0.443 e. The molecule has 0 radical (unpaired) electrons. The molecule has 6 nitrogen and oxygen atoms in total. The molecule has 1 aliphatic rings. The first-order valence-electron chi connectivity index (χ1n) is 7.24. The van der Waals surface area contributed by atoms with Crippen molar-refractivity contribution in [2.24, 2.45) is 0 Å². The summed E-state index contributed by atoms with van der Waals surface area (Å²) in [5.74, 6) is 0. The van der Waals surface area contributed by atoms with Gasteiger partial charge in [-0.25, -0.2) is 9.59 Å². The van der Waals surface area contributed by atoms with Gasteiger partial charge in [0.1, 0.15) is 12.2 Å². The molecule has 1 heterocycles. The third-order valence-corrected chi connectivity index (χ3v) is 2.77. The number of amides is 2. The van der Waals surface area contributed by atoms with Crippen molar-refractivity contribution in [1.82, 2.24) is 10.0 Å². The zero-order chi connectivity index (χ0) is 16.9. The maximum absolute atomic E-state index is 12.2. The average Bonchev–Trinajstić information content (AvgIpc) is 2.52. The molecular weight excluding hydrogens is 296 g/mol. The molecule has 0 unspecified atom stereocenters. The Kier molecular flexibility index (Phi) is 5.05. The molecule has 2 rings (SSSR count). The monoisotopic (exact) mass is 316 g/mol. The third kappa shape index (κ3) is 4.88. The second-order valence-corrected chi connectivity index (χ2v) is 5.89. The van der Waals surface area contributed by atoms with Gasteiger partial charge in [0, 0.05) is 12.4 Å². The molecule has 0 N–H and O–H groups in total. The number of rotatable bonds is 2. The lowest BCUT2D eigenvalue weighted by atomic mass is 10.2. The van der Waals surface area contributed by atoms with E-state index in [1.54, 1.807) is 32.9 Å². The second-order valence-electron chi connectivity index (χ2n) is 5.89. The van der Waals surface area contributed by atoms with E-state index in [2.05, 4.69) is 0 Å². The summed E-state index contributed by atoms with van der Waals surface area (Å²) in [5.41, 5.74) is 0.201.